The third-order valence-corrected chi connectivity index (χ3v) is 3.68. The van der Waals surface area contributed by atoms with E-state index in [1.165, 1.54) is 0 Å². The Morgan fingerprint density at radius 1 is 1.10 bits per heavy atom. The highest BCUT2D eigenvalue weighted by molar-refractivity contribution is 6.33. The lowest BCUT2D eigenvalue weighted by Gasteiger charge is -2.11. The fourth-order valence-electron chi connectivity index (χ4n) is 2.36. The van der Waals surface area contributed by atoms with Gasteiger partial charge in [0.2, 0.25) is 0 Å². The van der Waals surface area contributed by atoms with Crippen molar-refractivity contribution >= 4 is 17.3 Å². The first-order valence-electron chi connectivity index (χ1n) is 6.48. The van der Waals surface area contributed by atoms with E-state index < -0.39 is 0 Å². The second kappa shape index (κ2) is 5.18. The summed E-state index contributed by atoms with van der Waals surface area (Å²) in [4.78, 5) is 0. The largest absolute Gasteiger partial charge is 0.399 e. The highest BCUT2D eigenvalue weighted by Crippen LogP contribution is 2.30. The molecule has 0 fully saturated rings. The molecule has 0 spiro atoms. The van der Waals surface area contributed by atoms with Gasteiger partial charge in [0.15, 0.2) is 5.82 Å². The van der Waals surface area contributed by atoms with Gasteiger partial charge in [0.05, 0.1) is 10.7 Å². The maximum absolute atomic E-state index is 6.26. The van der Waals surface area contributed by atoms with Crippen LogP contribution in [0.25, 0.3) is 17.1 Å². The summed E-state index contributed by atoms with van der Waals surface area (Å²) < 4.78 is 1.70. The van der Waals surface area contributed by atoms with Gasteiger partial charge in [-0.05, 0) is 53.6 Å². The maximum Gasteiger partial charge on any atom is 0.188 e. The molecule has 1 aromatic heterocycles. The summed E-state index contributed by atoms with van der Waals surface area (Å²) in [5.41, 5.74) is 10.3. The average Bonchev–Trinajstić information content (AvgIpc) is 2.90. The van der Waals surface area contributed by atoms with E-state index in [1.54, 1.807) is 22.9 Å². The van der Waals surface area contributed by atoms with E-state index >= 15 is 0 Å². The number of benzene rings is 2. The molecule has 2 N–H and O–H groups in total. The lowest BCUT2D eigenvalue weighted by molar-refractivity contribution is 0.783. The zero-order valence-corrected chi connectivity index (χ0v) is 12.5. The van der Waals surface area contributed by atoms with Crippen LogP contribution in [0.2, 0.25) is 5.02 Å². The minimum Gasteiger partial charge on any atom is -0.399 e. The minimum absolute atomic E-state index is 0.562. The summed E-state index contributed by atoms with van der Waals surface area (Å²) in [5.74, 6) is 0.574. The molecular weight excluding hydrogens is 286 g/mol. The molecule has 0 saturated carbocycles. The van der Waals surface area contributed by atoms with Crippen molar-refractivity contribution in [2.75, 3.05) is 5.73 Å². The normalized spacial score (nSPS) is 10.8. The monoisotopic (exact) mass is 299 g/mol. The number of halogens is 1. The van der Waals surface area contributed by atoms with Gasteiger partial charge in [-0.2, -0.15) is 4.68 Å². The SMILES string of the molecule is Cc1cccc(C)c1-n1nnnc1-c1cc(N)ccc1Cl. The molecule has 0 amide bonds. The molecule has 0 saturated heterocycles. The highest BCUT2D eigenvalue weighted by atomic mass is 35.5. The summed E-state index contributed by atoms with van der Waals surface area (Å²) in [6.07, 6.45) is 0. The van der Waals surface area contributed by atoms with Crippen LogP contribution in [0.5, 0.6) is 0 Å². The predicted molar refractivity (Wildman–Crippen MR) is 83.5 cm³/mol. The van der Waals surface area contributed by atoms with Crippen LogP contribution in [0.15, 0.2) is 36.4 Å². The lowest BCUT2D eigenvalue weighted by Crippen LogP contribution is -2.05. The zero-order valence-electron chi connectivity index (χ0n) is 11.7. The molecule has 106 valence electrons. The number of hydrogen-bond donors (Lipinski definition) is 1. The third-order valence-electron chi connectivity index (χ3n) is 3.35. The Morgan fingerprint density at radius 2 is 1.81 bits per heavy atom. The Kier molecular flexibility index (Phi) is 3.35. The van der Waals surface area contributed by atoms with E-state index in [9.17, 15) is 0 Å². The minimum atomic E-state index is 0.562. The topological polar surface area (TPSA) is 69.6 Å². The number of nitrogen functional groups attached to an aromatic ring is 1. The molecule has 0 aliphatic heterocycles. The number of nitrogens with zero attached hydrogens (tertiary/aromatic N) is 4. The Morgan fingerprint density at radius 3 is 2.52 bits per heavy atom. The van der Waals surface area contributed by atoms with E-state index in [4.69, 9.17) is 17.3 Å². The van der Waals surface area contributed by atoms with Crippen LogP contribution in [0, 0.1) is 13.8 Å². The Labute approximate surface area is 127 Å². The van der Waals surface area contributed by atoms with Crippen LogP contribution in [0.3, 0.4) is 0 Å². The van der Waals surface area contributed by atoms with Crippen LogP contribution in [0.1, 0.15) is 11.1 Å². The second-order valence-electron chi connectivity index (χ2n) is 4.89. The molecule has 3 rings (SSSR count). The van der Waals surface area contributed by atoms with Crippen molar-refractivity contribution in [3.63, 3.8) is 0 Å². The predicted octanol–water partition coefficient (Wildman–Crippen LogP) is 3.18. The molecule has 6 heteroatoms. The van der Waals surface area contributed by atoms with Crippen LogP contribution in [-0.4, -0.2) is 20.2 Å². The molecule has 5 nitrogen and oxygen atoms in total. The van der Waals surface area contributed by atoms with Gasteiger partial charge < -0.3 is 5.73 Å². The van der Waals surface area contributed by atoms with Gasteiger partial charge in [-0.1, -0.05) is 29.8 Å². The number of nitrogens with two attached hydrogens (primary N) is 1. The van der Waals surface area contributed by atoms with Crippen molar-refractivity contribution in [3.05, 3.63) is 52.5 Å². The van der Waals surface area contributed by atoms with Gasteiger partial charge >= 0.3 is 0 Å². The molecule has 0 aliphatic carbocycles. The number of aryl methyl sites for hydroxylation is 2. The standard InChI is InChI=1S/C15H14ClN5/c1-9-4-3-5-10(2)14(9)21-15(18-19-20-21)12-8-11(17)6-7-13(12)16/h3-8H,17H2,1-2H3. The average molecular weight is 300 g/mol. The van der Waals surface area contributed by atoms with E-state index in [0.29, 0.717) is 22.1 Å². The fraction of sp³-hybridized carbons (Fsp3) is 0.133. The van der Waals surface area contributed by atoms with Crippen molar-refractivity contribution in [1.29, 1.82) is 0 Å². The summed E-state index contributed by atoms with van der Waals surface area (Å²) in [5, 5.41) is 12.6. The van der Waals surface area contributed by atoms with Crippen LogP contribution >= 0.6 is 11.6 Å². The quantitative estimate of drug-likeness (QED) is 0.738. The maximum atomic E-state index is 6.26. The molecule has 0 bridgehead atoms. The highest BCUT2D eigenvalue weighted by Gasteiger charge is 2.16. The lowest BCUT2D eigenvalue weighted by atomic mass is 10.1. The number of rotatable bonds is 2. The van der Waals surface area contributed by atoms with Gasteiger partial charge in [-0.25, -0.2) is 0 Å². The van der Waals surface area contributed by atoms with E-state index in [1.807, 2.05) is 32.0 Å². The van der Waals surface area contributed by atoms with Crippen molar-refractivity contribution in [2.45, 2.75) is 13.8 Å². The van der Waals surface area contributed by atoms with Gasteiger partial charge in [-0.15, -0.1) is 5.10 Å². The molecule has 21 heavy (non-hydrogen) atoms. The molecule has 1 heterocycles. The Balaban J connectivity index is 2.25. The van der Waals surface area contributed by atoms with Crippen molar-refractivity contribution < 1.29 is 0 Å². The van der Waals surface area contributed by atoms with E-state index in [-0.39, 0.29) is 0 Å². The molecule has 0 unspecified atom stereocenters. The molecule has 3 aromatic rings. The van der Waals surface area contributed by atoms with Gasteiger partial charge in [-0.3, -0.25) is 0 Å². The number of tetrazole rings is 1. The van der Waals surface area contributed by atoms with E-state index in [0.717, 1.165) is 16.8 Å². The molecular formula is C15H14ClN5. The molecule has 2 aromatic carbocycles. The van der Waals surface area contributed by atoms with Gasteiger partial charge in [0.25, 0.3) is 0 Å². The Hall–Kier alpha value is -2.40. The zero-order chi connectivity index (χ0) is 15.0. The van der Waals surface area contributed by atoms with Gasteiger partial charge in [0, 0.05) is 11.3 Å². The van der Waals surface area contributed by atoms with E-state index in [2.05, 4.69) is 15.5 Å². The van der Waals surface area contributed by atoms with Crippen LogP contribution in [0.4, 0.5) is 5.69 Å². The Bertz CT molecular complexity index is 789. The van der Waals surface area contributed by atoms with Crippen molar-refractivity contribution in [3.8, 4) is 17.1 Å². The summed E-state index contributed by atoms with van der Waals surface area (Å²) in [6, 6.07) is 11.3. The molecule has 0 radical (unpaired) electrons. The van der Waals surface area contributed by atoms with Crippen LogP contribution in [-0.2, 0) is 0 Å². The van der Waals surface area contributed by atoms with Gasteiger partial charge in [0.1, 0.15) is 0 Å². The second-order valence-corrected chi connectivity index (χ2v) is 5.30. The van der Waals surface area contributed by atoms with Crippen molar-refractivity contribution in [1.82, 2.24) is 20.2 Å². The molecule has 0 atom stereocenters. The summed E-state index contributed by atoms with van der Waals surface area (Å²) >= 11 is 6.26. The smallest absolute Gasteiger partial charge is 0.188 e. The number of hydrogen-bond acceptors (Lipinski definition) is 4. The van der Waals surface area contributed by atoms with Crippen LogP contribution < -0.4 is 5.73 Å². The first-order chi connectivity index (χ1) is 10.1. The number of anilines is 1. The first-order valence-corrected chi connectivity index (χ1v) is 6.86. The summed E-state index contributed by atoms with van der Waals surface area (Å²) in [7, 11) is 0. The summed E-state index contributed by atoms with van der Waals surface area (Å²) in [6.45, 7) is 4.05. The van der Waals surface area contributed by atoms with Crippen molar-refractivity contribution in [2.24, 2.45) is 0 Å². The third kappa shape index (κ3) is 2.36. The number of para-hydroxylation sites is 1. The molecule has 0 aliphatic rings. The first kappa shape index (κ1) is 13.6. The number of aromatic nitrogens is 4. The fourth-order valence-corrected chi connectivity index (χ4v) is 2.56.